The van der Waals surface area contributed by atoms with Crippen molar-refractivity contribution in [3.63, 3.8) is 0 Å². The zero-order valence-corrected chi connectivity index (χ0v) is 9.23. The molecule has 0 aliphatic heterocycles. The molecule has 0 aliphatic carbocycles. The Bertz CT molecular complexity index is 317. The molecule has 1 rings (SSSR count). The molecule has 82 valence electrons. The van der Waals surface area contributed by atoms with Crippen LogP contribution in [-0.4, -0.2) is 17.5 Å². The molecular weight excluding hydrogens is 190 g/mol. The lowest BCUT2D eigenvalue weighted by Crippen LogP contribution is -1.98. The highest BCUT2D eigenvalue weighted by atomic mass is 16.5. The van der Waals surface area contributed by atoms with Crippen LogP contribution >= 0.6 is 0 Å². The quantitative estimate of drug-likeness (QED) is 0.349. The van der Waals surface area contributed by atoms with Gasteiger partial charge in [-0.1, -0.05) is 18.5 Å². The molecule has 0 amide bonds. The third-order valence-electron chi connectivity index (χ3n) is 2.19. The Hall–Kier alpha value is -1.51. The van der Waals surface area contributed by atoms with Gasteiger partial charge in [0.2, 0.25) is 0 Å². The van der Waals surface area contributed by atoms with Crippen LogP contribution in [0.5, 0.6) is 5.75 Å². The molecule has 15 heavy (non-hydrogen) atoms. The molecule has 0 saturated heterocycles. The summed E-state index contributed by atoms with van der Waals surface area (Å²) in [5.41, 5.74) is 1.51. The zero-order valence-electron chi connectivity index (χ0n) is 9.23. The van der Waals surface area contributed by atoms with E-state index >= 15 is 0 Å². The topological polar surface area (TPSA) is 41.8 Å². The van der Waals surface area contributed by atoms with Gasteiger partial charge in [0.05, 0.1) is 12.3 Å². The van der Waals surface area contributed by atoms with Crippen molar-refractivity contribution in [2.75, 3.05) is 6.61 Å². The number of ether oxygens (including phenoxy) is 1. The van der Waals surface area contributed by atoms with Gasteiger partial charge < -0.3 is 9.94 Å². The summed E-state index contributed by atoms with van der Waals surface area (Å²) in [4.78, 5) is 0. The van der Waals surface area contributed by atoms with E-state index in [1.54, 1.807) is 6.92 Å². The first-order chi connectivity index (χ1) is 7.27. The van der Waals surface area contributed by atoms with Crippen LogP contribution in [0.15, 0.2) is 29.4 Å². The smallest absolute Gasteiger partial charge is 0.119 e. The van der Waals surface area contributed by atoms with Crippen molar-refractivity contribution >= 4 is 5.71 Å². The van der Waals surface area contributed by atoms with Crippen molar-refractivity contribution in [2.45, 2.75) is 26.7 Å². The number of oxime groups is 1. The van der Waals surface area contributed by atoms with E-state index in [-0.39, 0.29) is 0 Å². The highest BCUT2D eigenvalue weighted by Crippen LogP contribution is 2.13. The minimum Gasteiger partial charge on any atom is -0.494 e. The predicted molar refractivity (Wildman–Crippen MR) is 60.8 cm³/mol. The van der Waals surface area contributed by atoms with Crippen LogP contribution in [0.1, 0.15) is 32.3 Å². The van der Waals surface area contributed by atoms with Gasteiger partial charge in [-0.3, -0.25) is 0 Å². The van der Waals surface area contributed by atoms with Crippen LogP contribution in [0.2, 0.25) is 0 Å². The first kappa shape index (κ1) is 11.6. The molecule has 0 unspecified atom stereocenters. The summed E-state index contributed by atoms with van der Waals surface area (Å²) in [6, 6.07) is 7.55. The van der Waals surface area contributed by atoms with Gasteiger partial charge in [0.15, 0.2) is 0 Å². The van der Waals surface area contributed by atoms with Crippen molar-refractivity contribution in [1.82, 2.24) is 0 Å². The average molecular weight is 207 g/mol. The molecular formula is C12H17NO2. The first-order valence-electron chi connectivity index (χ1n) is 5.19. The minimum atomic E-state index is 0.607. The molecule has 0 saturated carbocycles. The fraction of sp³-hybridized carbons (Fsp3) is 0.417. The van der Waals surface area contributed by atoms with Gasteiger partial charge in [0.1, 0.15) is 5.75 Å². The van der Waals surface area contributed by atoms with Crippen LogP contribution < -0.4 is 4.74 Å². The van der Waals surface area contributed by atoms with E-state index < -0.39 is 0 Å². The Morgan fingerprint density at radius 3 is 2.53 bits per heavy atom. The number of benzene rings is 1. The molecule has 3 heteroatoms. The van der Waals surface area contributed by atoms with Gasteiger partial charge in [0.25, 0.3) is 0 Å². The van der Waals surface area contributed by atoms with E-state index in [4.69, 9.17) is 9.94 Å². The molecule has 0 spiro atoms. The van der Waals surface area contributed by atoms with Crippen molar-refractivity contribution in [3.8, 4) is 5.75 Å². The van der Waals surface area contributed by atoms with Gasteiger partial charge >= 0.3 is 0 Å². The molecule has 0 radical (unpaired) electrons. The van der Waals surface area contributed by atoms with E-state index in [1.165, 1.54) is 0 Å². The maximum atomic E-state index is 8.59. The Labute approximate surface area is 90.4 Å². The number of hydrogen-bond acceptors (Lipinski definition) is 3. The SMILES string of the molecule is CCCCOc1ccc(C(C)=NO)cc1. The monoisotopic (exact) mass is 207 g/mol. The Morgan fingerprint density at radius 1 is 1.33 bits per heavy atom. The summed E-state index contributed by atoms with van der Waals surface area (Å²) in [6.07, 6.45) is 2.20. The fourth-order valence-electron chi connectivity index (χ4n) is 1.18. The highest BCUT2D eigenvalue weighted by Gasteiger charge is 1.98. The Balaban J connectivity index is 2.56. The average Bonchev–Trinajstić information content (AvgIpc) is 2.29. The lowest BCUT2D eigenvalue weighted by atomic mass is 10.1. The van der Waals surface area contributed by atoms with E-state index in [9.17, 15) is 0 Å². The molecule has 0 fully saturated rings. The molecule has 1 N–H and O–H groups in total. The maximum absolute atomic E-state index is 8.59. The zero-order chi connectivity index (χ0) is 11.1. The van der Waals surface area contributed by atoms with Gasteiger partial charge in [-0.25, -0.2) is 0 Å². The third kappa shape index (κ3) is 3.62. The summed E-state index contributed by atoms with van der Waals surface area (Å²) < 4.78 is 5.51. The molecule has 1 aromatic rings. The largest absolute Gasteiger partial charge is 0.494 e. The molecule has 0 aliphatic rings. The van der Waals surface area contributed by atoms with E-state index in [0.717, 1.165) is 30.8 Å². The first-order valence-corrected chi connectivity index (χ1v) is 5.19. The second-order valence-electron chi connectivity index (χ2n) is 3.41. The second kappa shape index (κ2) is 6.06. The second-order valence-corrected chi connectivity index (χ2v) is 3.41. The van der Waals surface area contributed by atoms with Crippen LogP contribution in [0, 0.1) is 0 Å². The van der Waals surface area contributed by atoms with Crippen LogP contribution in [0.4, 0.5) is 0 Å². The minimum absolute atomic E-state index is 0.607. The molecule has 0 bridgehead atoms. The summed E-state index contributed by atoms with van der Waals surface area (Å²) in [6.45, 7) is 4.64. The summed E-state index contributed by atoms with van der Waals surface area (Å²) >= 11 is 0. The van der Waals surface area contributed by atoms with Gasteiger partial charge in [-0.05, 0) is 43.2 Å². The Morgan fingerprint density at radius 2 is 2.00 bits per heavy atom. The summed E-state index contributed by atoms with van der Waals surface area (Å²) in [7, 11) is 0. The fourth-order valence-corrected chi connectivity index (χ4v) is 1.18. The summed E-state index contributed by atoms with van der Waals surface area (Å²) in [5.74, 6) is 0.859. The number of unbranched alkanes of at least 4 members (excludes halogenated alkanes) is 1. The highest BCUT2D eigenvalue weighted by molar-refractivity contribution is 5.98. The Kier molecular flexibility index (Phi) is 4.68. The number of rotatable bonds is 5. The lowest BCUT2D eigenvalue weighted by Gasteiger charge is -2.05. The standard InChI is InChI=1S/C12H17NO2/c1-3-4-9-15-12-7-5-11(6-8-12)10(2)13-14/h5-8,14H,3-4,9H2,1-2H3. The van der Waals surface area contributed by atoms with E-state index in [1.807, 2.05) is 24.3 Å². The van der Waals surface area contributed by atoms with Crippen LogP contribution in [0.3, 0.4) is 0 Å². The van der Waals surface area contributed by atoms with Crippen LogP contribution in [0.25, 0.3) is 0 Å². The number of hydrogen-bond donors (Lipinski definition) is 1. The molecule has 0 aromatic heterocycles. The van der Waals surface area contributed by atoms with E-state index in [2.05, 4.69) is 12.1 Å². The molecule has 0 atom stereocenters. The van der Waals surface area contributed by atoms with Gasteiger partial charge in [-0.15, -0.1) is 0 Å². The normalized spacial score (nSPS) is 11.5. The maximum Gasteiger partial charge on any atom is 0.119 e. The third-order valence-corrected chi connectivity index (χ3v) is 2.19. The van der Waals surface area contributed by atoms with Crippen molar-refractivity contribution in [3.05, 3.63) is 29.8 Å². The molecule has 3 nitrogen and oxygen atoms in total. The van der Waals surface area contributed by atoms with Crippen molar-refractivity contribution in [1.29, 1.82) is 0 Å². The molecule has 0 heterocycles. The lowest BCUT2D eigenvalue weighted by molar-refractivity contribution is 0.309. The number of nitrogens with zero attached hydrogens (tertiary/aromatic N) is 1. The van der Waals surface area contributed by atoms with Crippen LogP contribution in [-0.2, 0) is 0 Å². The molecule has 1 aromatic carbocycles. The van der Waals surface area contributed by atoms with Gasteiger partial charge in [0, 0.05) is 0 Å². The summed E-state index contributed by atoms with van der Waals surface area (Å²) in [5, 5.41) is 11.7. The van der Waals surface area contributed by atoms with E-state index in [0.29, 0.717) is 5.71 Å². The van der Waals surface area contributed by atoms with Gasteiger partial charge in [-0.2, -0.15) is 0 Å². The van der Waals surface area contributed by atoms with Crippen molar-refractivity contribution < 1.29 is 9.94 Å². The van der Waals surface area contributed by atoms with Crippen molar-refractivity contribution in [2.24, 2.45) is 5.16 Å². The predicted octanol–water partition coefficient (Wildman–Crippen LogP) is 3.06.